The summed E-state index contributed by atoms with van der Waals surface area (Å²) in [4.78, 5) is 0. The van der Waals surface area contributed by atoms with Crippen LogP contribution >= 0.6 is 0 Å². The molecule has 11 heteroatoms. The quantitative estimate of drug-likeness (QED) is 0.384. The monoisotopic (exact) mass is 534 g/mol. The Hall–Kier alpha value is -2.64. The molecule has 0 amide bonds. The lowest BCUT2D eigenvalue weighted by Crippen LogP contribution is -2.60. The van der Waals surface area contributed by atoms with E-state index in [0.717, 1.165) is 11.1 Å². The van der Waals surface area contributed by atoms with E-state index < -0.39 is 37.3 Å². The van der Waals surface area contributed by atoms with Crippen LogP contribution in [0.5, 0.6) is 23.0 Å². The zero-order valence-electron chi connectivity index (χ0n) is 21.4. The number of aliphatic hydroxyl groups excluding tert-OH is 4. The summed E-state index contributed by atoms with van der Waals surface area (Å²) in [6, 6.07) is 11.1. The average molecular weight is 535 g/mol. The van der Waals surface area contributed by atoms with Gasteiger partial charge < -0.3 is 53.6 Å². The average Bonchev–Trinajstić information content (AvgIpc) is 3.55. The second-order valence-electron chi connectivity index (χ2n) is 9.68. The summed E-state index contributed by atoms with van der Waals surface area (Å²) in [7, 11) is 4.69. The van der Waals surface area contributed by atoms with Gasteiger partial charge in [0.2, 0.25) is 6.29 Å². The molecule has 0 unspecified atom stereocenters. The lowest BCUT2D eigenvalue weighted by molar-refractivity contribution is -0.277. The Morgan fingerprint density at radius 3 is 1.76 bits per heavy atom. The Morgan fingerprint density at radius 1 is 0.711 bits per heavy atom. The molecule has 2 aromatic rings. The van der Waals surface area contributed by atoms with Crippen molar-refractivity contribution < 1.29 is 53.6 Å². The molecule has 208 valence electrons. The van der Waals surface area contributed by atoms with Crippen LogP contribution in [0.2, 0.25) is 0 Å². The maximum absolute atomic E-state index is 10.3. The van der Waals surface area contributed by atoms with Gasteiger partial charge in [-0.2, -0.15) is 0 Å². The SMILES string of the molecule is COc1ccc([C@@H]2OC[C@@H]3[C@@H]2CO[C@H]3c2ccc(O[C@@H]3O[C@@H](CO)[C@H](O)[C@@H](O)[C@@H]3O)c(OC)c2)cc1OC. The lowest BCUT2D eigenvalue weighted by atomic mass is 9.85. The molecule has 3 saturated heterocycles. The van der Waals surface area contributed by atoms with E-state index in [1.165, 1.54) is 7.11 Å². The van der Waals surface area contributed by atoms with E-state index in [-0.39, 0.29) is 29.8 Å². The molecular formula is C27H34O11. The second kappa shape index (κ2) is 11.2. The Morgan fingerprint density at radius 2 is 1.24 bits per heavy atom. The molecular weight excluding hydrogens is 500 g/mol. The van der Waals surface area contributed by atoms with Crippen LogP contribution in [-0.2, 0) is 14.2 Å². The molecule has 0 saturated carbocycles. The second-order valence-corrected chi connectivity index (χ2v) is 9.68. The molecule has 4 N–H and O–H groups in total. The fourth-order valence-electron chi connectivity index (χ4n) is 5.51. The maximum atomic E-state index is 10.3. The predicted molar refractivity (Wildman–Crippen MR) is 131 cm³/mol. The number of methoxy groups -OCH3 is 3. The van der Waals surface area contributed by atoms with Crippen LogP contribution in [-0.4, -0.2) is 92.3 Å². The van der Waals surface area contributed by atoms with Crippen molar-refractivity contribution >= 4 is 0 Å². The van der Waals surface area contributed by atoms with E-state index in [1.807, 2.05) is 24.3 Å². The fraction of sp³-hybridized carbons (Fsp3) is 0.556. The van der Waals surface area contributed by atoms with Crippen LogP contribution in [0.1, 0.15) is 23.3 Å². The Labute approximate surface area is 220 Å². The van der Waals surface area contributed by atoms with Crippen LogP contribution < -0.4 is 18.9 Å². The van der Waals surface area contributed by atoms with Gasteiger partial charge in [0, 0.05) is 11.8 Å². The number of aliphatic hydroxyl groups is 4. The summed E-state index contributed by atoms with van der Waals surface area (Å²) in [5.41, 5.74) is 1.88. The van der Waals surface area contributed by atoms with E-state index in [0.29, 0.717) is 30.5 Å². The topological polar surface area (TPSA) is 146 Å². The third-order valence-electron chi connectivity index (χ3n) is 7.61. The molecule has 0 radical (unpaired) electrons. The minimum atomic E-state index is -1.54. The first-order chi connectivity index (χ1) is 18.4. The number of fused-ring (bicyclic) bond motifs is 1. The summed E-state index contributed by atoms with van der Waals surface area (Å²) in [6.07, 6.45) is -7.29. The predicted octanol–water partition coefficient (Wildman–Crippen LogP) is 0.966. The van der Waals surface area contributed by atoms with Crippen LogP contribution in [0, 0.1) is 11.8 Å². The van der Waals surface area contributed by atoms with Crippen molar-refractivity contribution in [2.24, 2.45) is 11.8 Å². The minimum Gasteiger partial charge on any atom is -0.493 e. The molecule has 0 bridgehead atoms. The summed E-state index contributed by atoms with van der Waals surface area (Å²) in [6.45, 7) is 0.508. The van der Waals surface area contributed by atoms with Crippen molar-refractivity contribution in [1.29, 1.82) is 0 Å². The van der Waals surface area contributed by atoms with Gasteiger partial charge in [0.1, 0.15) is 24.4 Å². The van der Waals surface area contributed by atoms with Gasteiger partial charge in [-0.3, -0.25) is 0 Å². The van der Waals surface area contributed by atoms with Crippen molar-refractivity contribution in [3.8, 4) is 23.0 Å². The van der Waals surface area contributed by atoms with Crippen LogP contribution in [0.15, 0.2) is 36.4 Å². The molecule has 2 aromatic carbocycles. The van der Waals surface area contributed by atoms with E-state index in [1.54, 1.807) is 26.4 Å². The van der Waals surface area contributed by atoms with Crippen molar-refractivity contribution in [1.82, 2.24) is 0 Å². The zero-order chi connectivity index (χ0) is 27.0. The lowest BCUT2D eigenvalue weighted by Gasteiger charge is -2.39. The smallest absolute Gasteiger partial charge is 0.229 e. The summed E-state index contributed by atoms with van der Waals surface area (Å²) < 4.78 is 40.1. The standard InChI is InChI=1S/C27H34O11/c1-32-17-6-4-13(8-19(17)33-2)25-15-11-36-26(16(15)12-35-25)14-5-7-18(20(9-14)34-3)37-27-24(31)23(30)22(29)21(10-28)38-27/h4-9,15-16,21-31H,10-12H2,1-3H3/t15-,16+,21-,22-,23+,24-,25-,26-,27+/m0/s1. The van der Waals surface area contributed by atoms with Gasteiger partial charge in [0.05, 0.1) is 53.4 Å². The van der Waals surface area contributed by atoms with Crippen LogP contribution in [0.25, 0.3) is 0 Å². The van der Waals surface area contributed by atoms with E-state index in [4.69, 9.17) is 33.2 Å². The van der Waals surface area contributed by atoms with Gasteiger partial charge in [-0.25, -0.2) is 0 Å². The number of rotatable bonds is 8. The molecule has 3 aliphatic heterocycles. The largest absolute Gasteiger partial charge is 0.493 e. The zero-order valence-corrected chi connectivity index (χ0v) is 21.4. The summed E-state index contributed by atoms with van der Waals surface area (Å²) >= 11 is 0. The molecule has 0 spiro atoms. The third kappa shape index (κ3) is 4.79. The van der Waals surface area contributed by atoms with Crippen LogP contribution in [0.3, 0.4) is 0 Å². The van der Waals surface area contributed by atoms with E-state index >= 15 is 0 Å². The van der Waals surface area contributed by atoms with Gasteiger partial charge in [0.25, 0.3) is 0 Å². The summed E-state index contributed by atoms with van der Waals surface area (Å²) in [5.74, 6) is 2.21. The molecule has 3 aliphatic rings. The molecule has 5 rings (SSSR count). The maximum Gasteiger partial charge on any atom is 0.229 e. The van der Waals surface area contributed by atoms with Crippen molar-refractivity contribution in [3.63, 3.8) is 0 Å². The molecule has 0 aromatic heterocycles. The van der Waals surface area contributed by atoms with Crippen molar-refractivity contribution in [3.05, 3.63) is 47.5 Å². The first kappa shape index (κ1) is 26.9. The molecule has 9 atom stereocenters. The highest BCUT2D eigenvalue weighted by Gasteiger charge is 2.49. The van der Waals surface area contributed by atoms with E-state index in [9.17, 15) is 20.4 Å². The van der Waals surface area contributed by atoms with Gasteiger partial charge in [0.15, 0.2) is 23.0 Å². The first-order valence-electron chi connectivity index (χ1n) is 12.5. The molecule has 11 nitrogen and oxygen atoms in total. The fourth-order valence-corrected chi connectivity index (χ4v) is 5.51. The van der Waals surface area contributed by atoms with Gasteiger partial charge in [-0.15, -0.1) is 0 Å². The molecule has 3 heterocycles. The number of benzene rings is 2. The Kier molecular flexibility index (Phi) is 7.96. The normalized spacial score (nSPS) is 34.6. The number of hydrogen-bond donors (Lipinski definition) is 4. The highest BCUT2D eigenvalue weighted by atomic mass is 16.7. The number of hydrogen-bond acceptors (Lipinski definition) is 11. The minimum absolute atomic E-state index is 0.120. The van der Waals surface area contributed by atoms with Crippen molar-refractivity contribution in [2.75, 3.05) is 41.2 Å². The number of ether oxygens (including phenoxy) is 7. The molecule has 38 heavy (non-hydrogen) atoms. The van der Waals surface area contributed by atoms with Crippen LogP contribution in [0.4, 0.5) is 0 Å². The highest BCUT2D eigenvalue weighted by Crippen LogP contribution is 2.51. The van der Waals surface area contributed by atoms with Gasteiger partial charge in [-0.1, -0.05) is 12.1 Å². The van der Waals surface area contributed by atoms with Crippen molar-refractivity contribution in [2.45, 2.75) is 42.9 Å². The van der Waals surface area contributed by atoms with E-state index in [2.05, 4.69) is 0 Å². The molecule has 3 fully saturated rings. The van der Waals surface area contributed by atoms with Gasteiger partial charge in [-0.05, 0) is 35.4 Å². The Bertz CT molecular complexity index is 1110. The third-order valence-corrected chi connectivity index (χ3v) is 7.61. The first-order valence-corrected chi connectivity index (χ1v) is 12.5. The highest BCUT2D eigenvalue weighted by molar-refractivity contribution is 5.45. The molecule has 0 aliphatic carbocycles. The Balaban J connectivity index is 1.31. The summed E-state index contributed by atoms with van der Waals surface area (Å²) in [5, 5.41) is 39.8. The van der Waals surface area contributed by atoms with Gasteiger partial charge >= 0.3 is 0 Å².